The number of hydrogen-bond donors (Lipinski definition) is 2. The Hall–Kier alpha value is -2.11. The molecule has 138 valence electrons. The zero-order valence-electron chi connectivity index (χ0n) is 15.8. The Morgan fingerprint density at radius 3 is 2.88 bits per heavy atom. The highest BCUT2D eigenvalue weighted by atomic mass is 15.2. The summed E-state index contributed by atoms with van der Waals surface area (Å²) < 4.78 is 2.02. The predicted octanol–water partition coefficient (Wildman–Crippen LogP) is 3.19. The first-order chi connectivity index (χ1) is 12.2. The van der Waals surface area contributed by atoms with Gasteiger partial charge < -0.3 is 10.6 Å². The molecule has 2 rings (SSSR count). The zero-order valence-corrected chi connectivity index (χ0v) is 15.8. The summed E-state index contributed by atoms with van der Waals surface area (Å²) in [6.45, 7) is 8.12. The highest BCUT2D eigenvalue weighted by Crippen LogP contribution is 2.06. The molecule has 0 aromatic carbocycles. The van der Waals surface area contributed by atoms with Crippen LogP contribution in [0.5, 0.6) is 0 Å². The van der Waals surface area contributed by atoms with Gasteiger partial charge in [-0.05, 0) is 32.4 Å². The van der Waals surface area contributed by atoms with Gasteiger partial charge in [-0.25, -0.2) is 0 Å². The van der Waals surface area contributed by atoms with E-state index in [2.05, 4.69) is 41.6 Å². The van der Waals surface area contributed by atoms with Crippen molar-refractivity contribution < 1.29 is 0 Å². The number of nitrogens with one attached hydrogen (secondary N) is 2. The molecule has 0 saturated carbocycles. The molecular formula is C19H32N6. The SMILES string of the molecule is CCCCCCC(C)NC(=NCCc1nnc2ccccn12)NCC. The lowest BCUT2D eigenvalue weighted by molar-refractivity contribution is 0.537. The zero-order chi connectivity index (χ0) is 17.9. The van der Waals surface area contributed by atoms with Gasteiger partial charge in [-0.3, -0.25) is 9.39 Å². The largest absolute Gasteiger partial charge is 0.357 e. The van der Waals surface area contributed by atoms with Crippen LogP contribution in [0.3, 0.4) is 0 Å². The minimum Gasteiger partial charge on any atom is -0.357 e. The van der Waals surface area contributed by atoms with Gasteiger partial charge in [0.25, 0.3) is 0 Å². The van der Waals surface area contributed by atoms with Crippen molar-refractivity contribution in [2.24, 2.45) is 4.99 Å². The van der Waals surface area contributed by atoms with Gasteiger partial charge in [0.05, 0.1) is 0 Å². The molecule has 0 amide bonds. The van der Waals surface area contributed by atoms with Crippen molar-refractivity contribution in [3.05, 3.63) is 30.2 Å². The summed E-state index contributed by atoms with van der Waals surface area (Å²) in [7, 11) is 0. The van der Waals surface area contributed by atoms with E-state index >= 15 is 0 Å². The van der Waals surface area contributed by atoms with Crippen LogP contribution in [-0.2, 0) is 6.42 Å². The topological polar surface area (TPSA) is 66.6 Å². The standard InChI is InChI=1S/C19H32N6/c1-4-6-7-8-11-16(3)22-19(20-5-2)21-14-13-18-24-23-17-12-9-10-15-25(17)18/h9-10,12,15-16H,4-8,11,13-14H2,1-3H3,(H2,20,21,22). The van der Waals surface area contributed by atoms with Gasteiger partial charge in [-0.2, -0.15) is 0 Å². The Bertz CT molecular complexity index is 648. The Morgan fingerprint density at radius 2 is 2.08 bits per heavy atom. The van der Waals surface area contributed by atoms with Gasteiger partial charge in [0.2, 0.25) is 0 Å². The molecule has 6 heteroatoms. The van der Waals surface area contributed by atoms with Crippen LogP contribution in [0.25, 0.3) is 5.65 Å². The molecule has 0 bridgehead atoms. The number of pyridine rings is 1. The molecule has 1 unspecified atom stereocenters. The average molecular weight is 345 g/mol. The molecule has 0 aliphatic rings. The highest BCUT2D eigenvalue weighted by Gasteiger charge is 2.06. The lowest BCUT2D eigenvalue weighted by Crippen LogP contribution is -2.42. The van der Waals surface area contributed by atoms with E-state index in [0.29, 0.717) is 12.6 Å². The Balaban J connectivity index is 1.84. The van der Waals surface area contributed by atoms with Crippen LogP contribution in [-0.4, -0.2) is 39.7 Å². The molecule has 2 aromatic rings. The number of aliphatic imine (C=N–C) groups is 1. The fourth-order valence-electron chi connectivity index (χ4n) is 2.83. The number of aromatic nitrogens is 3. The van der Waals surface area contributed by atoms with Crippen LogP contribution in [0.1, 0.15) is 58.7 Å². The summed E-state index contributed by atoms with van der Waals surface area (Å²) in [4.78, 5) is 4.69. The summed E-state index contributed by atoms with van der Waals surface area (Å²) >= 11 is 0. The second kappa shape index (κ2) is 10.7. The first kappa shape index (κ1) is 19.2. The van der Waals surface area contributed by atoms with E-state index < -0.39 is 0 Å². The fraction of sp³-hybridized carbons (Fsp3) is 0.632. The van der Waals surface area contributed by atoms with E-state index in [4.69, 9.17) is 4.99 Å². The summed E-state index contributed by atoms with van der Waals surface area (Å²) in [6, 6.07) is 6.37. The minimum atomic E-state index is 0.434. The molecule has 2 N–H and O–H groups in total. The normalized spacial score (nSPS) is 13.2. The maximum Gasteiger partial charge on any atom is 0.191 e. The van der Waals surface area contributed by atoms with E-state index in [1.54, 1.807) is 0 Å². The minimum absolute atomic E-state index is 0.434. The van der Waals surface area contributed by atoms with E-state index in [0.717, 1.165) is 30.4 Å². The third kappa shape index (κ3) is 6.36. The summed E-state index contributed by atoms with van der Waals surface area (Å²) in [5.74, 6) is 1.84. The predicted molar refractivity (Wildman–Crippen MR) is 104 cm³/mol. The number of unbranched alkanes of at least 4 members (excludes halogenated alkanes) is 3. The molecule has 25 heavy (non-hydrogen) atoms. The molecule has 1 atom stereocenters. The molecule has 0 spiro atoms. The van der Waals surface area contributed by atoms with Crippen LogP contribution >= 0.6 is 0 Å². The molecule has 0 aliphatic carbocycles. The Labute approximate surface area is 151 Å². The van der Waals surface area contributed by atoms with Crippen molar-refractivity contribution in [3.63, 3.8) is 0 Å². The number of fused-ring (bicyclic) bond motifs is 1. The van der Waals surface area contributed by atoms with E-state index in [9.17, 15) is 0 Å². The molecule has 6 nitrogen and oxygen atoms in total. The first-order valence-corrected chi connectivity index (χ1v) is 9.58. The number of guanidine groups is 1. The second-order valence-corrected chi connectivity index (χ2v) is 6.45. The third-order valence-electron chi connectivity index (χ3n) is 4.21. The van der Waals surface area contributed by atoms with Gasteiger partial charge in [0, 0.05) is 31.7 Å². The van der Waals surface area contributed by atoms with Crippen LogP contribution in [0.4, 0.5) is 0 Å². The molecule has 0 radical (unpaired) electrons. The van der Waals surface area contributed by atoms with Crippen molar-refractivity contribution in [2.45, 2.75) is 65.3 Å². The van der Waals surface area contributed by atoms with E-state index in [-0.39, 0.29) is 0 Å². The average Bonchev–Trinajstić information content (AvgIpc) is 3.02. The van der Waals surface area contributed by atoms with Crippen molar-refractivity contribution in [2.75, 3.05) is 13.1 Å². The third-order valence-corrected chi connectivity index (χ3v) is 4.21. The quantitative estimate of drug-likeness (QED) is 0.395. The highest BCUT2D eigenvalue weighted by molar-refractivity contribution is 5.80. The molecule has 2 heterocycles. The van der Waals surface area contributed by atoms with Crippen molar-refractivity contribution in [3.8, 4) is 0 Å². The molecule has 0 fully saturated rings. The van der Waals surface area contributed by atoms with Crippen LogP contribution < -0.4 is 10.6 Å². The van der Waals surface area contributed by atoms with Gasteiger partial charge in [0.15, 0.2) is 11.6 Å². The second-order valence-electron chi connectivity index (χ2n) is 6.45. The maximum atomic E-state index is 4.69. The van der Waals surface area contributed by atoms with Gasteiger partial charge in [-0.1, -0.05) is 38.7 Å². The summed E-state index contributed by atoms with van der Waals surface area (Å²) in [5.41, 5.74) is 0.882. The van der Waals surface area contributed by atoms with Gasteiger partial charge >= 0.3 is 0 Å². The summed E-state index contributed by atoms with van der Waals surface area (Å²) in [6.07, 6.45) is 9.14. The van der Waals surface area contributed by atoms with E-state index in [1.165, 1.54) is 32.1 Å². The van der Waals surface area contributed by atoms with Crippen molar-refractivity contribution in [1.29, 1.82) is 0 Å². The Kier molecular flexibility index (Phi) is 8.22. The molecule has 0 saturated heterocycles. The van der Waals surface area contributed by atoms with Gasteiger partial charge in [-0.15, -0.1) is 10.2 Å². The molecular weight excluding hydrogens is 312 g/mol. The monoisotopic (exact) mass is 344 g/mol. The fourth-order valence-corrected chi connectivity index (χ4v) is 2.83. The van der Waals surface area contributed by atoms with Crippen LogP contribution in [0, 0.1) is 0 Å². The van der Waals surface area contributed by atoms with Crippen molar-refractivity contribution >= 4 is 11.6 Å². The van der Waals surface area contributed by atoms with Crippen molar-refractivity contribution in [1.82, 2.24) is 25.2 Å². The number of hydrogen-bond acceptors (Lipinski definition) is 3. The lowest BCUT2D eigenvalue weighted by Gasteiger charge is -2.17. The number of rotatable bonds is 10. The molecule has 2 aromatic heterocycles. The number of nitrogens with zero attached hydrogens (tertiary/aromatic N) is 4. The maximum absolute atomic E-state index is 4.69. The Morgan fingerprint density at radius 1 is 1.20 bits per heavy atom. The van der Waals surface area contributed by atoms with E-state index in [1.807, 2.05) is 28.8 Å². The first-order valence-electron chi connectivity index (χ1n) is 9.58. The van der Waals surface area contributed by atoms with Crippen LogP contribution in [0.2, 0.25) is 0 Å². The molecule has 0 aliphatic heterocycles. The lowest BCUT2D eigenvalue weighted by atomic mass is 10.1. The van der Waals surface area contributed by atoms with Gasteiger partial charge in [0.1, 0.15) is 5.82 Å². The smallest absolute Gasteiger partial charge is 0.191 e. The van der Waals surface area contributed by atoms with Crippen LogP contribution in [0.15, 0.2) is 29.4 Å². The summed E-state index contributed by atoms with van der Waals surface area (Å²) in [5, 5.41) is 15.3.